The average molecular weight is 405 g/mol. The molecule has 1 amide bonds. The summed E-state index contributed by atoms with van der Waals surface area (Å²) in [6.45, 7) is 7.10. The summed E-state index contributed by atoms with van der Waals surface area (Å²) in [5, 5.41) is 3.01. The molecular weight excluding hydrogens is 376 g/mol. The number of hydrogen-bond donors (Lipinski definition) is 1. The molecule has 0 saturated heterocycles. The molecule has 0 fully saturated rings. The molecule has 0 aliphatic heterocycles. The van der Waals surface area contributed by atoms with Gasteiger partial charge in [-0.15, -0.1) is 0 Å². The minimum atomic E-state index is -0.673. The van der Waals surface area contributed by atoms with Crippen LogP contribution >= 0.6 is 0 Å². The van der Waals surface area contributed by atoms with E-state index in [4.69, 9.17) is 0 Å². The van der Waals surface area contributed by atoms with Gasteiger partial charge in [-0.3, -0.25) is 14.2 Å². The zero-order valence-corrected chi connectivity index (χ0v) is 17.8. The number of aryl methyl sites for hydroxylation is 2. The van der Waals surface area contributed by atoms with Gasteiger partial charge in [0.2, 0.25) is 5.91 Å². The minimum Gasteiger partial charge on any atom is -0.353 e. The molecule has 6 heteroatoms. The van der Waals surface area contributed by atoms with Crippen molar-refractivity contribution in [2.45, 2.75) is 46.1 Å². The van der Waals surface area contributed by atoms with Gasteiger partial charge >= 0.3 is 0 Å². The highest BCUT2D eigenvalue weighted by Gasteiger charge is 2.23. The molecule has 2 aromatic carbocycles. The first-order valence-corrected chi connectivity index (χ1v) is 10.7. The Labute approximate surface area is 176 Å². The summed E-state index contributed by atoms with van der Waals surface area (Å²) < 4.78 is 1.57. The first kappa shape index (κ1) is 20.1. The maximum absolute atomic E-state index is 13.4. The molecule has 1 atom stereocenters. The van der Waals surface area contributed by atoms with Crippen LogP contribution in [0.15, 0.2) is 47.3 Å². The van der Waals surface area contributed by atoms with Crippen LogP contribution in [0.3, 0.4) is 0 Å². The zero-order valence-electron chi connectivity index (χ0n) is 17.8. The van der Waals surface area contributed by atoms with Crippen LogP contribution in [0.4, 0.5) is 11.5 Å². The lowest BCUT2D eigenvalue weighted by atomic mass is 10.1. The summed E-state index contributed by atoms with van der Waals surface area (Å²) in [5.41, 5.74) is 4.57. The Morgan fingerprint density at radius 1 is 1.13 bits per heavy atom. The van der Waals surface area contributed by atoms with Gasteiger partial charge in [0.1, 0.15) is 6.04 Å². The van der Waals surface area contributed by atoms with E-state index in [-0.39, 0.29) is 11.5 Å². The highest BCUT2D eigenvalue weighted by molar-refractivity contribution is 5.94. The summed E-state index contributed by atoms with van der Waals surface area (Å²) in [6, 6.07) is 12.9. The van der Waals surface area contributed by atoms with Gasteiger partial charge in [-0.25, -0.2) is 4.98 Å². The van der Waals surface area contributed by atoms with E-state index < -0.39 is 6.04 Å². The quantitative estimate of drug-likeness (QED) is 0.676. The third-order valence-corrected chi connectivity index (χ3v) is 5.97. The Kier molecular flexibility index (Phi) is 5.57. The largest absolute Gasteiger partial charge is 0.353 e. The molecule has 1 aliphatic carbocycles. The molecular formula is C24H28N4O2. The fourth-order valence-corrected chi connectivity index (χ4v) is 4.27. The summed E-state index contributed by atoms with van der Waals surface area (Å²) in [7, 11) is 0. The Morgan fingerprint density at radius 2 is 1.87 bits per heavy atom. The Bertz CT molecular complexity index is 1150. The van der Waals surface area contributed by atoms with E-state index in [1.165, 1.54) is 11.1 Å². The second-order valence-electron chi connectivity index (χ2n) is 7.77. The number of nitrogens with zero attached hydrogens (tertiary/aromatic N) is 3. The third-order valence-electron chi connectivity index (χ3n) is 5.97. The molecule has 0 spiro atoms. The van der Waals surface area contributed by atoms with E-state index in [0.717, 1.165) is 24.9 Å². The zero-order chi connectivity index (χ0) is 21.3. The first-order valence-electron chi connectivity index (χ1n) is 10.7. The third kappa shape index (κ3) is 3.58. The number of carbonyl (C=O) groups excluding carboxylic acids is 1. The van der Waals surface area contributed by atoms with Gasteiger partial charge in [0.15, 0.2) is 5.82 Å². The van der Waals surface area contributed by atoms with E-state index >= 15 is 0 Å². The normalized spacial score (nSPS) is 13.8. The maximum Gasteiger partial charge on any atom is 0.294 e. The monoisotopic (exact) mass is 404 g/mol. The molecule has 1 heterocycles. The SMILES string of the molecule is CCN(CC)c1nc2ccccc2n(C(C)C(=O)Nc2ccc3c(c2)CCC3)c1=O. The van der Waals surface area contributed by atoms with Crippen LogP contribution in [0.1, 0.15) is 44.4 Å². The van der Waals surface area contributed by atoms with Gasteiger partial charge in [0.05, 0.1) is 11.0 Å². The van der Waals surface area contributed by atoms with Gasteiger partial charge in [-0.2, -0.15) is 0 Å². The number of rotatable bonds is 6. The van der Waals surface area contributed by atoms with Crippen LogP contribution < -0.4 is 15.8 Å². The van der Waals surface area contributed by atoms with Gasteiger partial charge < -0.3 is 10.2 Å². The molecule has 0 saturated carbocycles. The summed E-state index contributed by atoms with van der Waals surface area (Å²) in [4.78, 5) is 33.0. The standard InChI is InChI=1S/C24H28N4O2/c1-4-27(5-2)22-24(30)28(21-12-7-6-11-20(21)26-22)16(3)23(29)25-19-14-13-17-9-8-10-18(17)15-19/h6-7,11-16H,4-5,8-10H2,1-3H3,(H,25,29). The molecule has 1 N–H and O–H groups in total. The van der Waals surface area contributed by atoms with E-state index in [0.29, 0.717) is 29.9 Å². The number of fused-ring (bicyclic) bond motifs is 2. The van der Waals surface area contributed by atoms with E-state index in [1.54, 1.807) is 11.5 Å². The van der Waals surface area contributed by atoms with Crippen molar-refractivity contribution < 1.29 is 4.79 Å². The molecule has 3 aromatic rings. The van der Waals surface area contributed by atoms with Crippen LogP contribution in [-0.4, -0.2) is 28.5 Å². The molecule has 1 unspecified atom stereocenters. The second kappa shape index (κ2) is 8.30. The molecule has 6 nitrogen and oxygen atoms in total. The second-order valence-corrected chi connectivity index (χ2v) is 7.77. The first-order chi connectivity index (χ1) is 14.5. The molecule has 30 heavy (non-hydrogen) atoms. The van der Waals surface area contributed by atoms with Crippen LogP contribution in [0.5, 0.6) is 0 Å². The summed E-state index contributed by atoms with van der Waals surface area (Å²) >= 11 is 0. The van der Waals surface area contributed by atoms with Gasteiger partial charge in [-0.05, 0) is 75.4 Å². The highest BCUT2D eigenvalue weighted by Crippen LogP contribution is 2.26. The molecule has 0 radical (unpaired) electrons. The number of anilines is 2. The predicted octanol–water partition coefficient (Wildman–Crippen LogP) is 3.93. The van der Waals surface area contributed by atoms with E-state index in [1.807, 2.05) is 49.1 Å². The minimum absolute atomic E-state index is 0.211. The van der Waals surface area contributed by atoms with Crippen molar-refractivity contribution in [1.82, 2.24) is 9.55 Å². The lowest BCUT2D eigenvalue weighted by Crippen LogP contribution is -2.37. The Hall–Kier alpha value is -3.15. The number of nitrogens with one attached hydrogen (secondary N) is 1. The fourth-order valence-electron chi connectivity index (χ4n) is 4.27. The van der Waals surface area contributed by atoms with Crippen molar-refractivity contribution in [2.75, 3.05) is 23.3 Å². The van der Waals surface area contributed by atoms with E-state index in [9.17, 15) is 9.59 Å². The lowest BCUT2D eigenvalue weighted by molar-refractivity contribution is -0.118. The van der Waals surface area contributed by atoms with Crippen molar-refractivity contribution in [3.05, 3.63) is 63.9 Å². The van der Waals surface area contributed by atoms with Gasteiger partial charge in [-0.1, -0.05) is 18.2 Å². The highest BCUT2D eigenvalue weighted by atomic mass is 16.2. The lowest BCUT2D eigenvalue weighted by Gasteiger charge is -2.23. The van der Waals surface area contributed by atoms with Crippen molar-refractivity contribution in [1.29, 1.82) is 0 Å². The van der Waals surface area contributed by atoms with Crippen molar-refractivity contribution >= 4 is 28.4 Å². The molecule has 1 aromatic heterocycles. The Balaban J connectivity index is 1.73. The average Bonchev–Trinajstić information content (AvgIpc) is 3.22. The number of para-hydroxylation sites is 2. The smallest absolute Gasteiger partial charge is 0.294 e. The predicted molar refractivity (Wildman–Crippen MR) is 121 cm³/mol. The van der Waals surface area contributed by atoms with Crippen LogP contribution in [0.2, 0.25) is 0 Å². The fraction of sp³-hybridized carbons (Fsp3) is 0.375. The van der Waals surface area contributed by atoms with Gasteiger partial charge in [0.25, 0.3) is 5.56 Å². The maximum atomic E-state index is 13.4. The van der Waals surface area contributed by atoms with Crippen LogP contribution in [0, 0.1) is 0 Å². The molecule has 4 rings (SSSR count). The number of hydrogen-bond acceptors (Lipinski definition) is 4. The van der Waals surface area contributed by atoms with E-state index in [2.05, 4.69) is 22.4 Å². The van der Waals surface area contributed by atoms with Gasteiger partial charge in [0, 0.05) is 18.8 Å². The Morgan fingerprint density at radius 3 is 2.63 bits per heavy atom. The summed E-state index contributed by atoms with van der Waals surface area (Å²) in [5.74, 6) is 0.174. The molecule has 0 bridgehead atoms. The van der Waals surface area contributed by atoms with Crippen molar-refractivity contribution in [3.63, 3.8) is 0 Å². The number of benzene rings is 2. The van der Waals surface area contributed by atoms with Crippen molar-refractivity contribution in [3.8, 4) is 0 Å². The van der Waals surface area contributed by atoms with Crippen LogP contribution in [-0.2, 0) is 17.6 Å². The number of aromatic nitrogens is 2. The molecule has 156 valence electrons. The number of carbonyl (C=O) groups is 1. The van der Waals surface area contributed by atoms with Crippen LogP contribution in [0.25, 0.3) is 11.0 Å². The number of amides is 1. The van der Waals surface area contributed by atoms with Crippen molar-refractivity contribution in [2.24, 2.45) is 0 Å². The molecule has 1 aliphatic rings. The summed E-state index contributed by atoms with van der Waals surface area (Å²) in [6.07, 6.45) is 3.32. The topological polar surface area (TPSA) is 67.2 Å².